The Labute approximate surface area is 71.4 Å². The fourth-order valence-electron chi connectivity index (χ4n) is 0.674. The third kappa shape index (κ3) is 3.92. The van der Waals surface area contributed by atoms with E-state index < -0.39 is 0 Å². The molecule has 0 aromatic heterocycles. The zero-order chi connectivity index (χ0) is 9.56. The molecule has 0 saturated heterocycles. The quantitative estimate of drug-likeness (QED) is 0.561. The summed E-state index contributed by atoms with van der Waals surface area (Å²) >= 11 is 0. The molecule has 0 radical (unpaired) electrons. The van der Waals surface area contributed by atoms with Crippen LogP contribution in [0.2, 0.25) is 0 Å². The molecular weight excluding hydrogens is 160 g/mol. The molecule has 0 fully saturated rings. The standard InChI is InChI=1S/C7H14N2O3/c1-5(4-6(10)8-2)7(11)9-12-3/h5H,4H2,1-3H3,(H,8,10)(H,9,11). The molecule has 0 rings (SSSR count). The molecule has 0 heterocycles. The largest absolute Gasteiger partial charge is 0.359 e. The van der Waals surface area contributed by atoms with E-state index in [-0.39, 0.29) is 24.2 Å². The maximum atomic E-state index is 11.0. The summed E-state index contributed by atoms with van der Waals surface area (Å²) in [6.07, 6.45) is 0.172. The number of carbonyl (C=O) groups excluding carboxylic acids is 2. The van der Waals surface area contributed by atoms with Gasteiger partial charge >= 0.3 is 0 Å². The minimum absolute atomic E-state index is 0.159. The van der Waals surface area contributed by atoms with Crippen LogP contribution < -0.4 is 10.8 Å². The zero-order valence-electron chi connectivity index (χ0n) is 7.51. The lowest BCUT2D eigenvalue weighted by Crippen LogP contribution is -2.31. The summed E-state index contributed by atoms with van der Waals surface area (Å²) in [5.74, 6) is -0.820. The van der Waals surface area contributed by atoms with Gasteiger partial charge in [-0.2, -0.15) is 0 Å². The van der Waals surface area contributed by atoms with Gasteiger partial charge in [0.2, 0.25) is 11.8 Å². The summed E-state index contributed by atoms with van der Waals surface area (Å²) in [6.45, 7) is 1.66. The third-order valence-corrected chi connectivity index (χ3v) is 1.42. The van der Waals surface area contributed by atoms with E-state index in [9.17, 15) is 9.59 Å². The first-order valence-electron chi connectivity index (χ1n) is 3.65. The molecule has 0 aliphatic heterocycles. The lowest BCUT2D eigenvalue weighted by molar-refractivity contribution is -0.137. The Hall–Kier alpha value is -1.10. The normalized spacial score (nSPS) is 11.9. The Kier molecular flexibility index (Phi) is 5.03. The van der Waals surface area contributed by atoms with Crippen molar-refractivity contribution in [2.24, 2.45) is 5.92 Å². The molecular formula is C7H14N2O3. The van der Waals surface area contributed by atoms with Gasteiger partial charge in [0.05, 0.1) is 7.11 Å². The third-order valence-electron chi connectivity index (χ3n) is 1.42. The van der Waals surface area contributed by atoms with Crippen LogP contribution in [0.3, 0.4) is 0 Å². The summed E-state index contributed by atoms with van der Waals surface area (Å²) in [5, 5.41) is 2.43. The number of hydrogen-bond donors (Lipinski definition) is 2. The van der Waals surface area contributed by atoms with Crippen molar-refractivity contribution in [1.29, 1.82) is 0 Å². The average molecular weight is 174 g/mol. The number of nitrogens with one attached hydrogen (secondary N) is 2. The van der Waals surface area contributed by atoms with Crippen molar-refractivity contribution >= 4 is 11.8 Å². The van der Waals surface area contributed by atoms with Crippen molar-refractivity contribution < 1.29 is 14.4 Å². The van der Waals surface area contributed by atoms with Crippen LogP contribution in [-0.2, 0) is 14.4 Å². The van der Waals surface area contributed by atoms with Gasteiger partial charge in [-0.05, 0) is 0 Å². The molecule has 0 aliphatic carbocycles. The molecule has 0 aliphatic rings. The van der Waals surface area contributed by atoms with E-state index in [1.165, 1.54) is 14.2 Å². The van der Waals surface area contributed by atoms with E-state index in [1.807, 2.05) is 0 Å². The minimum Gasteiger partial charge on any atom is -0.359 e. The monoisotopic (exact) mass is 174 g/mol. The first-order valence-corrected chi connectivity index (χ1v) is 3.65. The van der Waals surface area contributed by atoms with Gasteiger partial charge in [-0.1, -0.05) is 6.92 Å². The maximum absolute atomic E-state index is 11.0. The number of hydrogen-bond acceptors (Lipinski definition) is 3. The molecule has 70 valence electrons. The van der Waals surface area contributed by atoms with E-state index in [4.69, 9.17) is 0 Å². The predicted octanol–water partition coefficient (Wildman–Crippen LogP) is -0.564. The number of rotatable bonds is 4. The SMILES string of the molecule is CNC(=O)CC(C)C(=O)NOC. The highest BCUT2D eigenvalue weighted by Gasteiger charge is 2.15. The average Bonchev–Trinajstić information content (AvgIpc) is 2.04. The van der Waals surface area contributed by atoms with Crippen molar-refractivity contribution in [3.05, 3.63) is 0 Å². The number of carbonyl (C=O) groups is 2. The first kappa shape index (κ1) is 10.9. The van der Waals surface area contributed by atoms with Crippen LogP contribution in [0.25, 0.3) is 0 Å². The fraction of sp³-hybridized carbons (Fsp3) is 0.714. The molecule has 2 N–H and O–H groups in total. The van der Waals surface area contributed by atoms with Crippen molar-refractivity contribution in [2.75, 3.05) is 14.2 Å². The first-order chi connectivity index (χ1) is 5.61. The maximum Gasteiger partial charge on any atom is 0.246 e. The summed E-state index contributed by atoms with van der Waals surface area (Å²) < 4.78 is 0. The molecule has 0 spiro atoms. The Morgan fingerprint density at radius 1 is 1.50 bits per heavy atom. The van der Waals surface area contributed by atoms with E-state index in [2.05, 4.69) is 15.6 Å². The Morgan fingerprint density at radius 3 is 2.50 bits per heavy atom. The molecule has 2 amide bonds. The molecule has 0 aromatic carbocycles. The Balaban J connectivity index is 3.78. The summed E-state index contributed by atoms with van der Waals surface area (Å²) in [7, 11) is 2.88. The van der Waals surface area contributed by atoms with Crippen LogP contribution in [0.5, 0.6) is 0 Å². The Bertz CT molecular complexity index is 170. The Morgan fingerprint density at radius 2 is 2.08 bits per heavy atom. The van der Waals surface area contributed by atoms with Crippen LogP contribution in [0, 0.1) is 5.92 Å². The van der Waals surface area contributed by atoms with Gasteiger partial charge in [-0.15, -0.1) is 0 Å². The molecule has 0 saturated carbocycles. The smallest absolute Gasteiger partial charge is 0.246 e. The van der Waals surface area contributed by atoms with Crippen molar-refractivity contribution in [2.45, 2.75) is 13.3 Å². The zero-order valence-corrected chi connectivity index (χ0v) is 7.51. The molecule has 12 heavy (non-hydrogen) atoms. The fourth-order valence-corrected chi connectivity index (χ4v) is 0.674. The highest BCUT2D eigenvalue weighted by atomic mass is 16.6. The lowest BCUT2D eigenvalue weighted by Gasteiger charge is -2.08. The van der Waals surface area contributed by atoms with Crippen molar-refractivity contribution in [3.8, 4) is 0 Å². The van der Waals surface area contributed by atoms with Gasteiger partial charge in [0.1, 0.15) is 0 Å². The topological polar surface area (TPSA) is 67.4 Å². The van der Waals surface area contributed by atoms with E-state index in [1.54, 1.807) is 6.92 Å². The molecule has 0 aromatic rings. The second-order valence-corrected chi connectivity index (χ2v) is 2.45. The van der Waals surface area contributed by atoms with Crippen LogP contribution in [0.4, 0.5) is 0 Å². The summed E-state index contributed by atoms with van der Waals surface area (Å²) in [6, 6.07) is 0. The van der Waals surface area contributed by atoms with Gasteiger partial charge in [0, 0.05) is 19.4 Å². The highest BCUT2D eigenvalue weighted by molar-refractivity contribution is 5.84. The van der Waals surface area contributed by atoms with Crippen molar-refractivity contribution in [3.63, 3.8) is 0 Å². The molecule has 0 bridgehead atoms. The van der Waals surface area contributed by atoms with E-state index in [0.29, 0.717) is 0 Å². The lowest BCUT2D eigenvalue weighted by atomic mass is 10.1. The van der Waals surface area contributed by atoms with Crippen molar-refractivity contribution in [1.82, 2.24) is 10.8 Å². The molecule has 5 nitrogen and oxygen atoms in total. The van der Waals surface area contributed by atoms with Gasteiger partial charge in [-0.25, -0.2) is 5.48 Å². The number of hydroxylamine groups is 1. The van der Waals surface area contributed by atoms with Gasteiger partial charge in [0.25, 0.3) is 0 Å². The van der Waals surface area contributed by atoms with Gasteiger partial charge in [-0.3, -0.25) is 14.4 Å². The van der Waals surface area contributed by atoms with Crippen LogP contribution >= 0.6 is 0 Å². The van der Waals surface area contributed by atoms with Gasteiger partial charge in [0.15, 0.2) is 0 Å². The summed E-state index contributed by atoms with van der Waals surface area (Å²) in [5.41, 5.74) is 2.16. The van der Waals surface area contributed by atoms with Crippen LogP contribution in [-0.4, -0.2) is 26.0 Å². The minimum atomic E-state index is -0.370. The number of amides is 2. The van der Waals surface area contributed by atoms with E-state index >= 15 is 0 Å². The molecule has 5 heteroatoms. The second-order valence-electron chi connectivity index (χ2n) is 2.45. The highest BCUT2D eigenvalue weighted by Crippen LogP contribution is 2.00. The van der Waals surface area contributed by atoms with Gasteiger partial charge < -0.3 is 5.32 Å². The second kappa shape index (κ2) is 5.54. The summed E-state index contributed by atoms with van der Waals surface area (Å²) in [4.78, 5) is 26.2. The van der Waals surface area contributed by atoms with Crippen LogP contribution in [0.1, 0.15) is 13.3 Å². The van der Waals surface area contributed by atoms with Crippen LogP contribution in [0.15, 0.2) is 0 Å². The molecule has 1 atom stereocenters. The molecule has 1 unspecified atom stereocenters. The van der Waals surface area contributed by atoms with E-state index in [0.717, 1.165) is 0 Å². The predicted molar refractivity (Wildman–Crippen MR) is 43.0 cm³/mol.